The van der Waals surface area contributed by atoms with Gasteiger partial charge < -0.3 is 15.0 Å². The van der Waals surface area contributed by atoms with Crippen molar-refractivity contribution in [1.82, 2.24) is 10.2 Å². The molecular weight excluding hydrogens is 430 g/mol. The van der Waals surface area contributed by atoms with Gasteiger partial charge >= 0.3 is 0 Å². The average molecular weight is 460 g/mol. The zero-order valence-corrected chi connectivity index (χ0v) is 18.7. The predicted octanol–water partition coefficient (Wildman–Crippen LogP) is 3.85. The summed E-state index contributed by atoms with van der Waals surface area (Å²) >= 11 is 3.41. The van der Waals surface area contributed by atoms with Gasteiger partial charge in [0.2, 0.25) is 5.91 Å². The molecule has 1 N–H and O–H groups in total. The van der Waals surface area contributed by atoms with Gasteiger partial charge in [-0.3, -0.25) is 9.69 Å². The van der Waals surface area contributed by atoms with Crippen LogP contribution in [0.4, 0.5) is 5.69 Å². The van der Waals surface area contributed by atoms with Crippen LogP contribution in [-0.2, 0) is 4.79 Å². The van der Waals surface area contributed by atoms with Crippen molar-refractivity contribution in [2.75, 3.05) is 50.8 Å². The number of nitrogens with zero attached hydrogens (tertiary/aromatic N) is 2. The number of piperazine rings is 1. The first kappa shape index (κ1) is 21.7. The van der Waals surface area contributed by atoms with Crippen molar-refractivity contribution in [2.45, 2.75) is 19.8 Å². The number of nitrogens with one attached hydrogen (secondary N) is 1. The van der Waals surface area contributed by atoms with Crippen molar-refractivity contribution in [2.24, 2.45) is 0 Å². The van der Waals surface area contributed by atoms with Crippen molar-refractivity contribution >= 4 is 27.5 Å². The van der Waals surface area contributed by atoms with E-state index >= 15 is 0 Å². The van der Waals surface area contributed by atoms with Crippen LogP contribution in [0.5, 0.6) is 5.75 Å². The molecule has 0 bridgehead atoms. The number of rotatable bonds is 9. The van der Waals surface area contributed by atoms with E-state index in [0.29, 0.717) is 19.6 Å². The predicted molar refractivity (Wildman–Crippen MR) is 122 cm³/mol. The molecule has 5 nitrogen and oxygen atoms in total. The summed E-state index contributed by atoms with van der Waals surface area (Å²) in [5.41, 5.74) is 2.63. The highest BCUT2D eigenvalue weighted by molar-refractivity contribution is 9.10. The van der Waals surface area contributed by atoms with Gasteiger partial charge in [0.1, 0.15) is 5.75 Å². The Morgan fingerprint density at radius 2 is 1.90 bits per heavy atom. The molecule has 0 saturated carbocycles. The quantitative estimate of drug-likeness (QED) is 0.578. The van der Waals surface area contributed by atoms with Gasteiger partial charge in [0.15, 0.2) is 0 Å². The van der Waals surface area contributed by atoms with Gasteiger partial charge in [0, 0.05) is 42.9 Å². The minimum atomic E-state index is 0.0456. The maximum absolute atomic E-state index is 12.0. The van der Waals surface area contributed by atoms with Crippen molar-refractivity contribution < 1.29 is 9.53 Å². The Labute approximate surface area is 182 Å². The largest absolute Gasteiger partial charge is 0.493 e. The molecule has 6 heteroatoms. The summed E-state index contributed by atoms with van der Waals surface area (Å²) in [5.74, 6) is 0.821. The summed E-state index contributed by atoms with van der Waals surface area (Å²) in [6, 6.07) is 16.4. The van der Waals surface area contributed by atoms with Crippen LogP contribution in [0.15, 0.2) is 53.0 Å². The maximum atomic E-state index is 12.0. The molecule has 1 saturated heterocycles. The van der Waals surface area contributed by atoms with Crippen LogP contribution in [0, 0.1) is 6.92 Å². The van der Waals surface area contributed by atoms with Crippen LogP contribution >= 0.6 is 15.9 Å². The molecule has 1 heterocycles. The van der Waals surface area contributed by atoms with Crippen LogP contribution in [0.3, 0.4) is 0 Å². The molecule has 0 aromatic heterocycles. The number of amides is 1. The van der Waals surface area contributed by atoms with Gasteiger partial charge in [-0.05, 0) is 55.8 Å². The molecule has 29 heavy (non-hydrogen) atoms. The first-order chi connectivity index (χ1) is 14.1. The van der Waals surface area contributed by atoms with Crippen LogP contribution in [-0.4, -0.2) is 56.7 Å². The monoisotopic (exact) mass is 459 g/mol. The van der Waals surface area contributed by atoms with E-state index in [2.05, 4.69) is 62.2 Å². The first-order valence-electron chi connectivity index (χ1n) is 10.3. The van der Waals surface area contributed by atoms with Gasteiger partial charge in [-0.1, -0.05) is 34.1 Å². The fourth-order valence-corrected chi connectivity index (χ4v) is 3.87. The lowest BCUT2D eigenvalue weighted by atomic mass is 10.2. The summed E-state index contributed by atoms with van der Waals surface area (Å²) in [5, 5.41) is 3.00. The second-order valence-electron chi connectivity index (χ2n) is 7.43. The lowest BCUT2D eigenvalue weighted by molar-refractivity contribution is -0.121. The third-order valence-electron chi connectivity index (χ3n) is 5.11. The fraction of sp³-hybridized carbons (Fsp3) is 0.435. The van der Waals surface area contributed by atoms with Crippen molar-refractivity contribution in [1.29, 1.82) is 0 Å². The Morgan fingerprint density at radius 3 is 2.66 bits per heavy atom. The first-order valence-corrected chi connectivity index (χ1v) is 11.1. The summed E-state index contributed by atoms with van der Waals surface area (Å²) in [4.78, 5) is 16.9. The summed E-state index contributed by atoms with van der Waals surface area (Å²) < 4.78 is 6.58. The summed E-state index contributed by atoms with van der Waals surface area (Å²) in [6.45, 7) is 8.53. The standard InChI is InChI=1S/C23H30BrN3O2/c1-19-5-2-7-21(17-19)27-14-12-26(13-15-27)11-4-10-25-23(28)9-16-29-22-8-3-6-20(24)18-22/h2-3,5-8,17-18H,4,9-16H2,1H3,(H,25,28). The Morgan fingerprint density at radius 1 is 1.10 bits per heavy atom. The highest BCUT2D eigenvalue weighted by Gasteiger charge is 2.16. The molecule has 2 aromatic carbocycles. The van der Waals surface area contributed by atoms with E-state index < -0.39 is 0 Å². The highest BCUT2D eigenvalue weighted by atomic mass is 79.9. The van der Waals surface area contributed by atoms with Crippen LogP contribution in [0.2, 0.25) is 0 Å². The molecule has 1 aliphatic heterocycles. The molecule has 2 aromatic rings. The second-order valence-corrected chi connectivity index (χ2v) is 8.34. The number of hydrogen-bond donors (Lipinski definition) is 1. The molecule has 0 aliphatic carbocycles. The molecular formula is C23H30BrN3O2. The van der Waals surface area contributed by atoms with Crippen molar-refractivity contribution in [3.05, 3.63) is 58.6 Å². The summed E-state index contributed by atoms with van der Waals surface area (Å²) in [7, 11) is 0. The van der Waals surface area contributed by atoms with E-state index in [0.717, 1.165) is 49.4 Å². The molecule has 1 amide bonds. The molecule has 1 fully saturated rings. The molecule has 0 unspecified atom stereocenters. The topological polar surface area (TPSA) is 44.8 Å². The van der Waals surface area contributed by atoms with E-state index in [4.69, 9.17) is 4.74 Å². The normalized spacial score (nSPS) is 14.6. The number of hydrogen-bond acceptors (Lipinski definition) is 4. The zero-order chi connectivity index (χ0) is 20.5. The third-order valence-corrected chi connectivity index (χ3v) is 5.60. The van der Waals surface area contributed by atoms with Gasteiger partial charge in [-0.15, -0.1) is 0 Å². The smallest absolute Gasteiger partial charge is 0.223 e. The number of benzene rings is 2. The van der Waals surface area contributed by atoms with E-state index in [1.807, 2.05) is 24.3 Å². The van der Waals surface area contributed by atoms with E-state index in [-0.39, 0.29) is 5.91 Å². The number of carbonyl (C=O) groups excluding carboxylic acids is 1. The number of aryl methyl sites for hydroxylation is 1. The Hall–Kier alpha value is -2.05. The van der Waals surface area contributed by atoms with Crippen LogP contribution in [0.1, 0.15) is 18.4 Å². The van der Waals surface area contributed by atoms with E-state index in [1.165, 1.54) is 11.3 Å². The van der Waals surface area contributed by atoms with Crippen molar-refractivity contribution in [3.8, 4) is 5.75 Å². The van der Waals surface area contributed by atoms with Crippen LogP contribution in [0.25, 0.3) is 0 Å². The Kier molecular flexibility index (Phi) is 8.38. The molecule has 0 atom stereocenters. The molecule has 1 aliphatic rings. The van der Waals surface area contributed by atoms with Crippen molar-refractivity contribution in [3.63, 3.8) is 0 Å². The Bertz CT molecular complexity index is 791. The second kappa shape index (κ2) is 11.2. The van der Waals surface area contributed by atoms with E-state index in [1.54, 1.807) is 0 Å². The number of halogens is 1. The molecule has 0 radical (unpaired) electrons. The average Bonchev–Trinajstić information content (AvgIpc) is 2.72. The molecule has 3 rings (SSSR count). The lowest BCUT2D eigenvalue weighted by Gasteiger charge is -2.36. The van der Waals surface area contributed by atoms with Gasteiger partial charge in [-0.2, -0.15) is 0 Å². The van der Waals surface area contributed by atoms with Gasteiger partial charge in [0.25, 0.3) is 0 Å². The minimum absolute atomic E-state index is 0.0456. The summed E-state index contributed by atoms with van der Waals surface area (Å²) in [6.07, 6.45) is 1.35. The highest BCUT2D eigenvalue weighted by Crippen LogP contribution is 2.18. The SMILES string of the molecule is Cc1cccc(N2CCN(CCCNC(=O)CCOc3cccc(Br)c3)CC2)c1. The maximum Gasteiger partial charge on any atom is 0.223 e. The van der Waals surface area contributed by atoms with Gasteiger partial charge in [-0.25, -0.2) is 0 Å². The fourth-order valence-electron chi connectivity index (χ4n) is 3.49. The van der Waals surface area contributed by atoms with Crippen LogP contribution < -0.4 is 15.0 Å². The Balaban J connectivity index is 1.25. The lowest BCUT2D eigenvalue weighted by Crippen LogP contribution is -2.47. The third kappa shape index (κ3) is 7.37. The number of carbonyl (C=O) groups is 1. The number of ether oxygens (including phenoxy) is 1. The van der Waals surface area contributed by atoms with Gasteiger partial charge in [0.05, 0.1) is 13.0 Å². The molecule has 0 spiro atoms. The molecule has 156 valence electrons. The number of anilines is 1. The van der Waals surface area contributed by atoms with E-state index in [9.17, 15) is 4.79 Å². The minimum Gasteiger partial charge on any atom is -0.493 e. The zero-order valence-electron chi connectivity index (χ0n) is 17.1.